The van der Waals surface area contributed by atoms with Crippen molar-refractivity contribution in [1.82, 2.24) is 4.98 Å². The molecule has 2 N–H and O–H groups in total. The third kappa shape index (κ3) is 3.38. The molecule has 0 bridgehead atoms. The minimum absolute atomic E-state index is 0.406. The zero-order valence-electron chi connectivity index (χ0n) is 12.0. The summed E-state index contributed by atoms with van der Waals surface area (Å²) in [5.41, 5.74) is 5.94. The van der Waals surface area contributed by atoms with Crippen LogP contribution in [0, 0.1) is 5.92 Å². The van der Waals surface area contributed by atoms with E-state index in [1.54, 1.807) is 0 Å². The maximum Gasteiger partial charge on any atom is 0.215 e. The van der Waals surface area contributed by atoms with Crippen LogP contribution in [-0.4, -0.2) is 30.7 Å². The number of anilines is 1. The van der Waals surface area contributed by atoms with Crippen LogP contribution in [0.4, 0.5) is 5.82 Å². The van der Waals surface area contributed by atoms with Crippen molar-refractivity contribution in [2.24, 2.45) is 11.7 Å². The fourth-order valence-electron chi connectivity index (χ4n) is 2.82. The Bertz CT molecular complexity index is 397. The molecule has 2 atom stereocenters. The molecule has 0 spiro atoms. The van der Waals surface area contributed by atoms with Crippen molar-refractivity contribution in [3.05, 3.63) is 18.2 Å². The zero-order chi connectivity index (χ0) is 13.7. The Morgan fingerprint density at radius 3 is 2.95 bits per heavy atom. The summed E-state index contributed by atoms with van der Waals surface area (Å²) >= 11 is 0. The Kier molecular flexibility index (Phi) is 5.02. The molecule has 4 heteroatoms. The predicted octanol–water partition coefficient (Wildman–Crippen LogP) is 2.43. The first-order valence-electron chi connectivity index (χ1n) is 7.35. The van der Waals surface area contributed by atoms with Crippen LogP contribution in [0.25, 0.3) is 0 Å². The minimum atomic E-state index is 0.406. The molecule has 1 saturated heterocycles. The summed E-state index contributed by atoms with van der Waals surface area (Å²) in [4.78, 5) is 6.93. The van der Waals surface area contributed by atoms with Crippen LogP contribution in [0.2, 0.25) is 0 Å². The van der Waals surface area contributed by atoms with Crippen molar-refractivity contribution in [2.75, 3.05) is 24.6 Å². The molecule has 0 aliphatic carbocycles. The second-order valence-corrected chi connectivity index (χ2v) is 5.15. The smallest absolute Gasteiger partial charge is 0.215 e. The number of rotatable bonds is 5. The van der Waals surface area contributed by atoms with Crippen LogP contribution in [0.5, 0.6) is 5.88 Å². The number of hydrogen-bond acceptors (Lipinski definition) is 4. The van der Waals surface area contributed by atoms with E-state index in [1.807, 2.05) is 19.1 Å². The summed E-state index contributed by atoms with van der Waals surface area (Å²) in [7, 11) is 0. The van der Waals surface area contributed by atoms with Crippen molar-refractivity contribution in [2.45, 2.75) is 39.2 Å². The maximum absolute atomic E-state index is 5.94. The number of hydrogen-bond donors (Lipinski definition) is 1. The van der Waals surface area contributed by atoms with Crippen LogP contribution in [0.3, 0.4) is 0 Å². The molecule has 2 unspecified atom stereocenters. The summed E-state index contributed by atoms with van der Waals surface area (Å²) in [6.45, 7) is 6.63. The highest BCUT2D eigenvalue weighted by atomic mass is 16.5. The summed E-state index contributed by atoms with van der Waals surface area (Å²) in [6, 6.07) is 6.37. The molecule has 2 heterocycles. The molecule has 0 aromatic carbocycles. The molecular formula is C15H25N3O. The van der Waals surface area contributed by atoms with E-state index in [0.717, 1.165) is 18.3 Å². The molecule has 1 fully saturated rings. The van der Waals surface area contributed by atoms with E-state index in [0.29, 0.717) is 25.1 Å². The molecule has 1 aliphatic rings. The first-order chi connectivity index (χ1) is 9.28. The topological polar surface area (TPSA) is 51.4 Å². The van der Waals surface area contributed by atoms with Crippen LogP contribution in [0.1, 0.15) is 33.1 Å². The highest BCUT2D eigenvalue weighted by molar-refractivity contribution is 5.42. The fourth-order valence-corrected chi connectivity index (χ4v) is 2.82. The van der Waals surface area contributed by atoms with Gasteiger partial charge in [-0.2, -0.15) is 4.98 Å². The van der Waals surface area contributed by atoms with Gasteiger partial charge in [-0.05, 0) is 31.7 Å². The van der Waals surface area contributed by atoms with Crippen LogP contribution >= 0.6 is 0 Å². The quantitative estimate of drug-likeness (QED) is 0.886. The third-order valence-corrected chi connectivity index (χ3v) is 3.97. The number of piperidine rings is 1. The lowest BCUT2D eigenvalue weighted by atomic mass is 9.89. The normalized spacial score (nSPS) is 23.4. The lowest BCUT2D eigenvalue weighted by Gasteiger charge is -2.39. The van der Waals surface area contributed by atoms with Crippen molar-refractivity contribution in [3.63, 3.8) is 0 Å². The minimum Gasteiger partial charge on any atom is -0.478 e. The first-order valence-corrected chi connectivity index (χ1v) is 7.35. The Balaban J connectivity index is 2.13. The van der Waals surface area contributed by atoms with Crippen molar-refractivity contribution in [1.29, 1.82) is 0 Å². The summed E-state index contributed by atoms with van der Waals surface area (Å²) in [6.07, 6.45) is 3.65. The molecule has 0 saturated carbocycles. The highest BCUT2D eigenvalue weighted by Crippen LogP contribution is 2.29. The van der Waals surface area contributed by atoms with Crippen molar-refractivity contribution < 1.29 is 4.74 Å². The van der Waals surface area contributed by atoms with E-state index in [-0.39, 0.29) is 0 Å². The fraction of sp³-hybridized carbons (Fsp3) is 0.667. The average Bonchev–Trinajstić information content (AvgIpc) is 2.47. The van der Waals surface area contributed by atoms with Gasteiger partial charge < -0.3 is 15.4 Å². The SMILES string of the molecule is CCOc1cccc(N2CCC(CC)CC2CN)n1. The van der Waals surface area contributed by atoms with E-state index in [2.05, 4.69) is 22.9 Å². The Morgan fingerprint density at radius 2 is 2.26 bits per heavy atom. The molecule has 2 rings (SSSR count). The van der Waals surface area contributed by atoms with Crippen molar-refractivity contribution in [3.8, 4) is 5.88 Å². The number of pyridine rings is 1. The van der Waals surface area contributed by atoms with Crippen LogP contribution in [0.15, 0.2) is 18.2 Å². The van der Waals surface area contributed by atoms with Gasteiger partial charge in [0.25, 0.3) is 0 Å². The molecule has 0 amide bonds. The van der Waals surface area contributed by atoms with Crippen LogP contribution < -0.4 is 15.4 Å². The Labute approximate surface area is 116 Å². The molecule has 4 nitrogen and oxygen atoms in total. The predicted molar refractivity (Wildman–Crippen MR) is 78.6 cm³/mol. The molecule has 19 heavy (non-hydrogen) atoms. The molecule has 1 aromatic heterocycles. The second kappa shape index (κ2) is 6.75. The third-order valence-electron chi connectivity index (χ3n) is 3.97. The molecule has 1 aliphatic heterocycles. The van der Waals surface area contributed by atoms with Gasteiger partial charge in [-0.15, -0.1) is 0 Å². The van der Waals surface area contributed by atoms with E-state index in [1.165, 1.54) is 19.3 Å². The van der Waals surface area contributed by atoms with Gasteiger partial charge in [0, 0.05) is 25.2 Å². The van der Waals surface area contributed by atoms with E-state index < -0.39 is 0 Å². The van der Waals surface area contributed by atoms with Gasteiger partial charge in [-0.3, -0.25) is 0 Å². The number of nitrogens with zero attached hydrogens (tertiary/aromatic N) is 2. The van der Waals surface area contributed by atoms with Gasteiger partial charge in [-0.25, -0.2) is 0 Å². The molecular weight excluding hydrogens is 238 g/mol. The number of ether oxygens (including phenoxy) is 1. The van der Waals surface area contributed by atoms with E-state index in [9.17, 15) is 0 Å². The monoisotopic (exact) mass is 263 g/mol. The Morgan fingerprint density at radius 1 is 1.42 bits per heavy atom. The second-order valence-electron chi connectivity index (χ2n) is 5.15. The molecule has 0 radical (unpaired) electrons. The first kappa shape index (κ1) is 14.1. The van der Waals surface area contributed by atoms with Gasteiger partial charge in [0.15, 0.2) is 0 Å². The van der Waals surface area contributed by atoms with Gasteiger partial charge in [0.05, 0.1) is 6.61 Å². The lowest BCUT2D eigenvalue weighted by Crippen LogP contribution is -2.47. The number of aromatic nitrogens is 1. The van der Waals surface area contributed by atoms with Crippen LogP contribution in [-0.2, 0) is 0 Å². The average molecular weight is 263 g/mol. The summed E-state index contributed by atoms with van der Waals surface area (Å²) < 4.78 is 5.48. The van der Waals surface area contributed by atoms with Gasteiger partial charge in [0.1, 0.15) is 5.82 Å². The van der Waals surface area contributed by atoms with E-state index >= 15 is 0 Å². The van der Waals surface area contributed by atoms with Crippen molar-refractivity contribution >= 4 is 5.82 Å². The summed E-state index contributed by atoms with van der Waals surface area (Å²) in [5.74, 6) is 2.50. The largest absolute Gasteiger partial charge is 0.478 e. The van der Waals surface area contributed by atoms with E-state index in [4.69, 9.17) is 10.5 Å². The van der Waals surface area contributed by atoms with Gasteiger partial charge in [0.2, 0.25) is 5.88 Å². The molecule has 1 aromatic rings. The Hall–Kier alpha value is -1.29. The molecule has 106 valence electrons. The lowest BCUT2D eigenvalue weighted by molar-refractivity contribution is 0.320. The summed E-state index contributed by atoms with van der Waals surface area (Å²) in [5, 5.41) is 0. The maximum atomic E-state index is 5.94. The number of nitrogens with two attached hydrogens (primary N) is 1. The highest BCUT2D eigenvalue weighted by Gasteiger charge is 2.27. The zero-order valence-corrected chi connectivity index (χ0v) is 12.0. The standard InChI is InChI=1S/C15H25N3O/c1-3-12-8-9-18(13(10-12)11-16)14-6-5-7-15(17-14)19-4-2/h5-7,12-13H,3-4,8-11,16H2,1-2H3. The van der Waals surface area contributed by atoms with Gasteiger partial charge >= 0.3 is 0 Å². The van der Waals surface area contributed by atoms with Gasteiger partial charge in [-0.1, -0.05) is 19.4 Å².